The number of nitrogens with one attached hydrogen (secondary N) is 1. The monoisotopic (exact) mass is 306 g/mol. The van der Waals surface area contributed by atoms with E-state index in [-0.39, 0.29) is 17.4 Å². The van der Waals surface area contributed by atoms with Crippen LogP contribution in [0.5, 0.6) is 11.5 Å². The van der Waals surface area contributed by atoms with E-state index in [2.05, 4.69) is 10.3 Å². The van der Waals surface area contributed by atoms with Crippen molar-refractivity contribution in [2.24, 2.45) is 5.41 Å². The lowest BCUT2D eigenvalue weighted by molar-refractivity contribution is -0.128. The maximum atomic E-state index is 11.8. The van der Waals surface area contributed by atoms with E-state index in [1.165, 1.54) is 23.5 Å². The second kappa shape index (κ2) is 5.73. The van der Waals surface area contributed by atoms with E-state index < -0.39 is 5.41 Å². The van der Waals surface area contributed by atoms with Crippen LogP contribution in [-0.4, -0.2) is 21.1 Å². The molecule has 0 radical (unpaired) electrons. The zero-order valence-corrected chi connectivity index (χ0v) is 13.0. The average Bonchev–Trinajstić information content (AvgIpc) is 2.87. The fourth-order valence-corrected chi connectivity index (χ4v) is 2.37. The Hall–Kier alpha value is -2.08. The third-order valence-electron chi connectivity index (χ3n) is 2.90. The van der Waals surface area contributed by atoms with Crippen LogP contribution in [0, 0.1) is 5.41 Å². The summed E-state index contributed by atoms with van der Waals surface area (Å²) in [6.45, 7) is 5.95. The van der Waals surface area contributed by atoms with Gasteiger partial charge in [-0.3, -0.25) is 4.79 Å². The van der Waals surface area contributed by atoms with Crippen molar-refractivity contribution in [1.82, 2.24) is 10.3 Å². The van der Waals surface area contributed by atoms with Crippen molar-refractivity contribution in [2.45, 2.75) is 27.3 Å². The van der Waals surface area contributed by atoms with Gasteiger partial charge in [0, 0.05) is 16.4 Å². The molecule has 0 spiro atoms. The Morgan fingerprint density at radius 2 is 2.00 bits per heavy atom. The molecule has 5 nitrogen and oxygen atoms in total. The van der Waals surface area contributed by atoms with Crippen LogP contribution in [0.4, 0.5) is 0 Å². The molecule has 0 aliphatic carbocycles. The quantitative estimate of drug-likeness (QED) is 0.762. The lowest BCUT2D eigenvalue weighted by atomic mass is 9.96. The molecule has 0 fully saturated rings. The lowest BCUT2D eigenvalue weighted by Crippen LogP contribution is -2.34. The number of phenolic OH excluding ortho intramolecular Hbond substituents is 2. The fourth-order valence-electron chi connectivity index (χ4n) is 1.63. The molecule has 0 bridgehead atoms. The number of hydrogen-bond acceptors (Lipinski definition) is 5. The predicted octanol–water partition coefficient (Wildman–Crippen LogP) is 2.88. The summed E-state index contributed by atoms with van der Waals surface area (Å²) >= 11 is 1.44. The number of benzene rings is 1. The van der Waals surface area contributed by atoms with Gasteiger partial charge in [-0.2, -0.15) is 0 Å². The van der Waals surface area contributed by atoms with E-state index >= 15 is 0 Å². The van der Waals surface area contributed by atoms with E-state index in [1.807, 2.05) is 26.2 Å². The van der Waals surface area contributed by atoms with Gasteiger partial charge in [0.25, 0.3) is 0 Å². The van der Waals surface area contributed by atoms with Crippen molar-refractivity contribution >= 4 is 17.2 Å². The minimum atomic E-state index is -0.428. The van der Waals surface area contributed by atoms with Crippen LogP contribution >= 0.6 is 11.3 Å². The van der Waals surface area contributed by atoms with Gasteiger partial charge in [-0.05, 0) is 18.2 Å². The van der Waals surface area contributed by atoms with Gasteiger partial charge in [0.1, 0.15) is 5.01 Å². The second-order valence-electron chi connectivity index (χ2n) is 5.76. The molecule has 1 aromatic carbocycles. The zero-order valence-electron chi connectivity index (χ0n) is 12.2. The molecule has 1 amide bonds. The maximum absolute atomic E-state index is 11.8. The van der Waals surface area contributed by atoms with E-state index in [0.717, 1.165) is 10.6 Å². The molecule has 1 aromatic heterocycles. The zero-order chi connectivity index (χ0) is 15.6. The van der Waals surface area contributed by atoms with Crippen molar-refractivity contribution in [3.8, 4) is 22.8 Å². The Balaban J connectivity index is 2.08. The summed E-state index contributed by atoms with van der Waals surface area (Å²) in [4.78, 5) is 16.2. The van der Waals surface area contributed by atoms with Crippen molar-refractivity contribution in [3.63, 3.8) is 0 Å². The van der Waals surface area contributed by atoms with Crippen LogP contribution in [0.15, 0.2) is 23.6 Å². The number of aromatic hydroxyl groups is 2. The summed E-state index contributed by atoms with van der Waals surface area (Å²) in [5.41, 5.74) is 0.994. The highest BCUT2D eigenvalue weighted by atomic mass is 32.1. The van der Waals surface area contributed by atoms with Gasteiger partial charge in [-0.1, -0.05) is 20.8 Å². The molecule has 0 aliphatic heterocycles. The maximum Gasteiger partial charge on any atom is 0.225 e. The van der Waals surface area contributed by atoms with Gasteiger partial charge in [0.05, 0.1) is 12.2 Å². The summed E-state index contributed by atoms with van der Waals surface area (Å²) in [5.74, 6) is -0.365. The summed E-state index contributed by atoms with van der Waals surface area (Å²) in [6.07, 6.45) is 0. The molecule has 2 aromatic rings. The van der Waals surface area contributed by atoms with Crippen LogP contribution in [0.25, 0.3) is 11.3 Å². The van der Waals surface area contributed by atoms with Crippen molar-refractivity contribution in [3.05, 3.63) is 28.6 Å². The smallest absolute Gasteiger partial charge is 0.225 e. The molecule has 0 aliphatic rings. The Labute approximate surface area is 127 Å². The third kappa shape index (κ3) is 3.72. The number of thiazole rings is 1. The van der Waals surface area contributed by atoms with E-state index in [1.54, 1.807) is 6.07 Å². The first-order valence-corrected chi connectivity index (χ1v) is 7.40. The number of nitrogens with zero attached hydrogens (tertiary/aromatic N) is 1. The van der Waals surface area contributed by atoms with Crippen LogP contribution < -0.4 is 5.32 Å². The van der Waals surface area contributed by atoms with Gasteiger partial charge < -0.3 is 15.5 Å². The summed E-state index contributed by atoms with van der Waals surface area (Å²) in [6, 6.07) is 4.56. The second-order valence-corrected chi connectivity index (χ2v) is 6.71. The van der Waals surface area contributed by atoms with Crippen LogP contribution in [0.3, 0.4) is 0 Å². The summed E-state index contributed by atoms with van der Waals surface area (Å²) < 4.78 is 0. The normalized spacial score (nSPS) is 11.4. The fraction of sp³-hybridized carbons (Fsp3) is 0.333. The number of carbonyl (C=O) groups excluding carboxylic acids is 1. The Morgan fingerprint density at radius 1 is 1.29 bits per heavy atom. The Bertz CT molecular complexity index is 659. The van der Waals surface area contributed by atoms with Gasteiger partial charge in [-0.15, -0.1) is 11.3 Å². The molecule has 1 heterocycles. The molecule has 2 rings (SSSR count). The highest BCUT2D eigenvalue weighted by Crippen LogP contribution is 2.31. The van der Waals surface area contributed by atoms with Crippen LogP contribution in [0.2, 0.25) is 0 Å². The predicted molar refractivity (Wildman–Crippen MR) is 82.2 cm³/mol. The number of phenols is 2. The number of aromatic nitrogens is 1. The lowest BCUT2D eigenvalue weighted by Gasteiger charge is -2.16. The topological polar surface area (TPSA) is 82.5 Å². The Morgan fingerprint density at radius 3 is 2.62 bits per heavy atom. The first-order chi connectivity index (χ1) is 9.77. The molecular formula is C15H18N2O3S. The van der Waals surface area contributed by atoms with Crippen LogP contribution in [0.1, 0.15) is 25.8 Å². The third-order valence-corrected chi connectivity index (χ3v) is 3.75. The standard InChI is InChI=1S/C15H18N2O3S/c1-15(2,3)14(20)16-7-13-17-10(8-21-13)9-4-5-11(18)12(19)6-9/h4-6,8,18-19H,7H2,1-3H3,(H,16,20). The molecule has 112 valence electrons. The molecule has 0 saturated heterocycles. The molecule has 0 atom stereocenters. The first-order valence-electron chi connectivity index (χ1n) is 6.52. The van der Waals surface area contributed by atoms with Crippen molar-refractivity contribution in [1.29, 1.82) is 0 Å². The van der Waals surface area contributed by atoms with Gasteiger partial charge in [0.15, 0.2) is 11.5 Å². The van der Waals surface area contributed by atoms with Gasteiger partial charge in [-0.25, -0.2) is 4.98 Å². The summed E-state index contributed by atoms with van der Waals surface area (Å²) in [7, 11) is 0. The SMILES string of the molecule is CC(C)(C)C(=O)NCc1nc(-c2ccc(O)c(O)c2)cs1. The first kappa shape index (κ1) is 15.3. The van der Waals surface area contributed by atoms with Gasteiger partial charge >= 0.3 is 0 Å². The van der Waals surface area contributed by atoms with E-state index in [4.69, 9.17) is 0 Å². The highest BCUT2D eigenvalue weighted by molar-refractivity contribution is 7.09. The van der Waals surface area contributed by atoms with Crippen LogP contribution in [-0.2, 0) is 11.3 Å². The molecule has 3 N–H and O–H groups in total. The minimum Gasteiger partial charge on any atom is -0.504 e. The number of carbonyl (C=O) groups is 1. The minimum absolute atomic E-state index is 0.0264. The van der Waals surface area contributed by atoms with Crippen molar-refractivity contribution < 1.29 is 15.0 Å². The largest absolute Gasteiger partial charge is 0.504 e. The summed E-state index contributed by atoms with van der Waals surface area (Å²) in [5, 5.41) is 24.3. The highest BCUT2D eigenvalue weighted by Gasteiger charge is 2.21. The molecular weight excluding hydrogens is 288 g/mol. The molecule has 6 heteroatoms. The number of amides is 1. The van der Waals surface area contributed by atoms with Crippen molar-refractivity contribution in [2.75, 3.05) is 0 Å². The van der Waals surface area contributed by atoms with Gasteiger partial charge in [0.2, 0.25) is 5.91 Å². The Kier molecular flexibility index (Phi) is 4.18. The van der Waals surface area contributed by atoms with E-state index in [0.29, 0.717) is 12.2 Å². The number of rotatable bonds is 3. The molecule has 21 heavy (non-hydrogen) atoms. The number of hydrogen-bond donors (Lipinski definition) is 3. The average molecular weight is 306 g/mol. The molecule has 0 unspecified atom stereocenters. The molecule has 0 saturated carbocycles. The van der Waals surface area contributed by atoms with E-state index in [9.17, 15) is 15.0 Å².